The lowest BCUT2D eigenvalue weighted by Gasteiger charge is -2.27. The first-order valence-electron chi connectivity index (χ1n) is 9.38. The Labute approximate surface area is 156 Å². The van der Waals surface area contributed by atoms with Gasteiger partial charge in [0.2, 0.25) is 11.3 Å². The van der Waals surface area contributed by atoms with E-state index in [1.807, 2.05) is 18.2 Å². The van der Waals surface area contributed by atoms with Crippen molar-refractivity contribution in [2.45, 2.75) is 44.4 Å². The van der Waals surface area contributed by atoms with Crippen LogP contribution in [-0.4, -0.2) is 50.6 Å². The van der Waals surface area contributed by atoms with Crippen molar-refractivity contribution in [1.82, 2.24) is 25.3 Å². The molecule has 3 aromatic heterocycles. The van der Waals surface area contributed by atoms with Gasteiger partial charge in [0.15, 0.2) is 11.6 Å². The van der Waals surface area contributed by atoms with E-state index in [0.29, 0.717) is 23.9 Å². The molecule has 2 aliphatic rings. The van der Waals surface area contributed by atoms with Crippen LogP contribution in [0, 0.1) is 0 Å². The van der Waals surface area contributed by atoms with E-state index < -0.39 is 0 Å². The van der Waals surface area contributed by atoms with Crippen LogP contribution in [0.15, 0.2) is 29.0 Å². The summed E-state index contributed by atoms with van der Waals surface area (Å²) >= 11 is 0. The Kier molecular flexibility index (Phi) is 4.29. The molecule has 27 heavy (non-hydrogen) atoms. The van der Waals surface area contributed by atoms with Gasteiger partial charge in [0.25, 0.3) is 0 Å². The smallest absolute Gasteiger partial charge is 0.245 e. The van der Waals surface area contributed by atoms with Crippen molar-refractivity contribution in [3.63, 3.8) is 0 Å². The second kappa shape index (κ2) is 7.07. The number of aromatic nitrogens is 5. The number of fused-ring (bicyclic) bond motifs is 1. The molecular weight excluding hydrogens is 346 g/mol. The summed E-state index contributed by atoms with van der Waals surface area (Å²) in [6.45, 7) is 2.15. The Morgan fingerprint density at radius 1 is 1.11 bits per heavy atom. The molecule has 9 heteroatoms. The zero-order valence-corrected chi connectivity index (χ0v) is 14.9. The molecule has 4 heterocycles. The number of anilines is 2. The number of pyridine rings is 1. The lowest BCUT2D eigenvalue weighted by molar-refractivity contribution is 0.115. The highest BCUT2D eigenvalue weighted by Gasteiger charge is 2.28. The van der Waals surface area contributed by atoms with Gasteiger partial charge < -0.3 is 15.0 Å². The number of rotatable bonds is 7. The molecule has 0 amide bonds. The Hall–Kier alpha value is -2.81. The number of nitrogens with zero attached hydrogens (tertiary/aromatic N) is 6. The minimum absolute atomic E-state index is 0.176. The molecule has 1 aliphatic heterocycles. The van der Waals surface area contributed by atoms with Crippen LogP contribution in [-0.2, 0) is 11.3 Å². The molecule has 9 nitrogen and oxygen atoms in total. The molecule has 0 radical (unpaired) electrons. The highest BCUT2D eigenvalue weighted by Crippen LogP contribution is 2.31. The maximum Gasteiger partial charge on any atom is 0.245 e. The third-order valence-corrected chi connectivity index (χ3v) is 4.84. The van der Waals surface area contributed by atoms with Crippen molar-refractivity contribution in [2.75, 3.05) is 23.4 Å². The van der Waals surface area contributed by atoms with Gasteiger partial charge in [0.05, 0.1) is 18.3 Å². The molecule has 3 aromatic rings. The summed E-state index contributed by atoms with van der Waals surface area (Å²) < 4.78 is 10.7. The van der Waals surface area contributed by atoms with Gasteiger partial charge in [-0.25, -0.2) is 14.6 Å². The fraction of sp³-hybridized carbons (Fsp3) is 0.500. The molecule has 0 unspecified atom stereocenters. The summed E-state index contributed by atoms with van der Waals surface area (Å²) in [5, 5.41) is 11.2. The lowest BCUT2D eigenvalue weighted by Crippen LogP contribution is -2.33. The predicted molar refractivity (Wildman–Crippen MR) is 98.3 cm³/mol. The highest BCUT2D eigenvalue weighted by molar-refractivity contribution is 5.74. The van der Waals surface area contributed by atoms with Gasteiger partial charge in [0, 0.05) is 25.4 Å². The van der Waals surface area contributed by atoms with Crippen LogP contribution in [0.3, 0.4) is 0 Å². The fourth-order valence-corrected chi connectivity index (χ4v) is 3.31. The third kappa shape index (κ3) is 3.68. The van der Waals surface area contributed by atoms with Crippen molar-refractivity contribution in [2.24, 2.45) is 0 Å². The quantitative estimate of drug-likeness (QED) is 0.673. The van der Waals surface area contributed by atoms with Crippen LogP contribution >= 0.6 is 0 Å². The average molecular weight is 367 g/mol. The van der Waals surface area contributed by atoms with Crippen molar-refractivity contribution in [1.29, 1.82) is 0 Å². The summed E-state index contributed by atoms with van der Waals surface area (Å²) in [5.74, 6) is 1.46. The summed E-state index contributed by atoms with van der Waals surface area (Å²) in [6, 6.07) is 6.36. The molecule has 0 bridgehead atoms. The third-order valence-electron chi connectivity index (χ3n) is 4.84. The minimum atomic E-state index is 0.176. The second-order valence-electron chi connectivity index (χ2n) is 7.06. The van der Waals surface area contributed by atoms with Crippen LogP contribution in [0.4, 0.5) is 11.6 Å². The molecule has 140 valence electrons. The summed E-state index contributed by atoms with van der Waals surface area (Å²) in [5.41, 5.74) is 1.79. The molecule has 1 saturated carbocycles. The first-order chi connectivity index (χ1) is 13.3. The molecule has 1 N–H and O–H groups in total. The van der Waals surface area contributed by atoms with Gasteiger partial charge in [-0.1, -0.05) is 6.07 Å². The molecule has 1 atom stereocenters. The Balaban J connectivity index is 1.52. The fourth-order valence-electron chi connectivity index (χ4n) is 3.31. The Bertz CT molecular complexity index is 906. The molecule has 1 saturated heterocycles. The van der Waals surface area contributed by atoms with Crippen LogP contribution < -0.4 is 10.2 Å². The standard InChI is InChI=1S/C18H21N7O2/c1-2-8-19-13(4-1)10-25(11-14-5-3-9-26-14)18-17(20-12-6-7-12)21-15-16(22-18)24-27-23-15/h1-2,4,8,12,14H,3,5-7,9-11H2,(H,20,21,23)/t14-/m0/s1. The van der Waals surface area contributed by atoms with Crippen LogP contribution in [0.25, 0.3) is 11.3 Å². The number of hydrogen-bond donors (Lipinski definition) is 1. The minimum Gasteiger partial charge on any atom is -0.376 e. The molecular formula is C18H21N7O2. The topological polar surface area (TPSA) is 102 Å². The van der Waals surface area contributed by atoms with E-state index in [-0.39, 0.29) is 6.10 Å². The van der Waals surface area contributed by atoms with Gasteiger partial charge in [-0.15, -0.1) is 0 Å². The van der Waals surface area contributed by atoms with E-state index in [1.54, 1.807) is 6.20 Å². The van der Waals surface area contributed by atoms with E-state index in [4.69, 9.17) is 14.3 Å². The molecule has 0 aromatic carbocycles. The van der Waals surface area contributed by atoms with E-state index in [9.17, 15) is 0 Å². The first-order valence-corrected chi connectivity index (χ1v) is 9.38. The van der Waals surface area contributed by atoms with E-state index in [2.05, 4.69) is 30.5 Å². The summed E-state index contributed by atoms with van der Waals surface area (Å²) in [6.07, 6.45) is 6.40. The SMILES string of the molecule is c1ccc(CN(C[C@@H]2CCCO2)c2nc3nonc3nc2NC2CC2)nc1. The molecule has 0 spiro atoms. The average Bonchev–Trinajstić information content (AvgIpc) is 3.16. The maximum atomic E-state index is 5.87. The van der Waals surface area contributed by atoms with Crippen molar-refractivity contribution in [3.05, 3.63) is 30.1 Å². The van der Waals surface area contributed by atoms with Crippen LogP contribution in [0.2, 0.25) is 0 Å². The summed E-state index contributed by atoms with van der Waals surface area (Å²) in [7, 11) is 0. The van der Waals surface area contributed by atoms with E-state index >= 15 is 0 Å². The first kappa shape index (κ1) is 16.4. The monoisotopic (exact) mass is 367 g/mol. The molecule has 1 aliphatic carbocycles. The van der Waals surface area contributed by atoms with Gasteiger partial charge in [-0.05, 0) is 48.1 Å². The predicted octanol–water partition coefficient (Wildman–Crippen LogP) is 2.17. The number of nitrogens with one attached hydrogen (secondary N) is 1. The number of hydrogen-bond acceptors (Lipinski definition) is 9. The number of ether oxygens (including phenoxy) is 1. The van der Waals surface area contributed by atoms with Crippen LogP contribution in [0.1, 0.15) is 31.4 Å². The zero-order chi connectivity index (χ0) is 18.1. The molecule has 5 rings (SSSR count). The lowest BCUT2D eigenvalue weighted by atomic mass is 10.2. The largest absolute Gasteiger partial charge is 0.376 e. The van der Waals surface area contributed by atoms with Gasteiger partial charge in [-0.3, -0.25) is 4.98 Å². The van der Waals surface area contributed by atoms with Gasteiger partial charge in [0.1, 0.15) is 0 Å². The van der Waals surface area contributed by atoms with E-state index in [1.165, 1.54) is 0 Å². The highest BCUT2D eigenvalue weighted by atomic mass is 16.6. The van der Waals surface area contributed by atoms with Gasteiger partial charge >= 0.3 is 0 Å². The Morgan fingerprint density at radius 2 is 2.00 bits per heavy atom. The van der Waals surface area contributed by atoms with Crippen LogP contribution in [0.5, 0.6) is 0 Å². The zero-order valence-electron chi connectivity index (χ0n) is 14.9. The van der Waals surface area contributed by atoms with Crippen molar-refractivity contribution >= 4 is 22.9 Å². The second-order valence-corrected chi connectivity index (χ2v) is 7.06. The Morgan fingerprint density at radius 3 is 2.74 bits per heavy atom. The maximum absolute atomic E-state index is 5.87. The van der Waals surface area contributed by atoms with Crippen molar-refractivity contribution in [3.8, 4) is 0 Å². The van der Waals surface area contributed by atoms with E-state index in [0.717, 1.165) is 56.2 Å². The van der Waals surface area contributed by atoms with Crippen molar-refractivity contribution < 1.29 is 9.37 Å². The summed E-state index contributed by atoms with van der Waals surface area (Å²) in [4.78, 5) is 16.0. The normalized spacial score (nSPS) is 19.5. The molecule has 2 fully saturated rings. The van der Waals surface area contributed by atoms with Gasteiger partial charge in [-0.2, -0.15) is 0 Å².